The van der Waals surface area contributed by atoms with Gasteiger partial charge >= 0.3 is 5.00 Å². The number of benzene rings is 1. The van der Waals surface area contributed by atoms with Gasteiger partial charge in [0.15, 0.2) is 16.3 Å². The molecule has 1 aromatic carbocycles. The zero-order chi connectivity index (χ0) is 19.7. The molecule has 0 aliphatic carbocycles. The Balaban J connectivity index is 1.80. The minimum Gasteiger partial charge on any atom is -0.486 e. The number of aryl methyl sites for hydroxylation is 1. The number of rotatable bonds is 5. The summed E-state index contributed by atoms with van der Waals surface area (Å²) in [4.78, 5) is 28.0. The topological polar surface area (TPSA) is 96.0 Å². The molecular weight excluding hydrogens is 422 g/mol. The van der Waals surface area contributed by atoms with Crippen molar-refractivity contribution in [2.45, 2.75) is 6.54 Å². The number of carbonyl (C=O) groups excluding carboxylic acids is 1. The smallest absolute Gasteiger partial charge is 0.324 e. The third kappa shape index (κ3) is 3.64. The average molecular weight is 438 g/mol. The zero-order valence-electron chi connectivity index (χ0n) is 14.7. The number of ether oxygens (including phenoxy) is 2. The fourth-order valence-corrected chi connectivity index (χ4v) is 4.91. The van der Waals surface area contributed by atoms with Crippen LogP contribution in [0.2, 0.25) is 0 Å². The molecule has 4 rings (SSSR count). The minimum atomic E-state index is -0.510. The molecule has 0 unspecified atom stereocenters. The normalized spacial score (nSPS) is 13.8. The lowest BCUT2D eigenvalue weighted by atomic mass is 10.2. The Bertz CT molecular complexity index is 1130. The molecule has 0 radical (unpaired) electrons. The van der Waals surface area contributed by atoms with E-state index in [1.807, 2.05) is 23.0 Å². The second kappa shape index (κ2) is 7.94. The van der Waals surface area contributed by atoms with Crippen LogP contribution in [-0.2, 0) is 6.54 Å². The van der Waals surface area contributed by atoms with Gasteiger partial charge in [0.2, 0.25) is 0 Å². The molecule has 1 aliphatic heterocycles. The Morgan fingerprint density at radius 2 is 2.04 bits per heavy atom. The fraction of sp³-hybridized carbons (Fsp3) is 0.294. The molecule has 8 nitrogen and oxygen atoms in total. The van der Waals surface area contributed by atoms with E-state index in [0.717, 1.165) is 27.3 Å². The maximum atomic E-state index is 12.6. The number of amides is 1. The van der Waals surface area contributed by atoms with Crippen molar-refractivity contribution in [2.24, 2.45) is 4.99 Å². The number of carbonyl (C=O) groups is 1. The summed E-state index contributed by atoms with van der Waals surface area (Å²) in [7, 11) is 0. The Morgan fingerprint density at radius 1 is 1.29 bits per heavy atom. The molecule has 1 aliphatic rings. The molecule has 0 saturated carbocycles. The SMILES string of the molecule is CSCCn1c(=NC(=O)c2ccc([N+](=O)[O-])s2)sc2cc3c(cc21)OCCO3. The van der Waals surface area contributed by atoms with Crippen molar-refractivity contribution < 1.29 is 19.2 Å². The first kappa shape index (κ1) is 19.0. The van der Waals surface area contributed by atoms with Crippen molar-refractivity contribution in [3.8, 4) is 11.5 Å². The van der Waals surface area contributed by atoms with E-state index in [2.05, 4.69) is 4.99 Å². The lowest BCUT2D eigenvalue weighted by Gasteiger charge is -2.18. The number of nitro groups is 1. The molecule has 0 atom stereocenters. The first-order valence-corrected chi connectivity index (χ1v) is 11.3. The van der Waals surface area contributed by atoms with E-state index in [4.69, 9.17) is 9.47 Å². The predicted molar refractivity (Wildman–Crippen MR) is 110 cm³/mol. The summed E-state index contributed by atoms with van der Waals surface area (Å²) < 4.78 is 14.2. The Kier molecular flexibility index (Phi) is 5.38. The molecule has 0 bridgehead atoms. The molecule has 3 aromatic rings. The van der Waals surface area contributed by atoms with Crippen LogP contribution in [0.3, 0.4) is 0 Å². The van der Waals surface area contributed by atoms with E-state index in [-0.39, 0.29) is 9.88 Å². The van der Waals surface area contributed by atoms with Gasteiger partial charge < -0.3 is 14.0 Å². The number of nitrogens with zero attached hydrogens (tertiary/aromatic N) is 3. The van der Waals surface area contributed by atoms with E-state index in [0.29, 0.717) is 36.1 Å². The van der Waals surface area contributed by atoms with Gasteiger partial charge in [0.25, 0.3) is 5.91 Å². The van der Waals surface area contributed by atoms with Crippen LogP contribution in [0.1, 0.15) is 9.67 Å². The summed E-state index contributed by atoms with van der Waals surface area (Å²) >= 11 is 3.91. The van der Waals surface area contributed by atoms with Crippen LogP contribution in [-0.4, -0.2) is 40.6 Å². The highest BCUT2D eigenvalue weighted by Gasteiger charge is 2.18. The third-order valence-corrected chi connectivity index (χ3v) is 6.70. The quantitative estimate of drug-likeness (QED) is 0.447. The molecule has 0 N–H and O–H groups in total. The first-order chi connectivity index (χ1) is 13.6. The van der Waals surface area contributed by atoms with Crippen molar-refractivity contribution in [1.82, 2.24) is 4.57 Å². The van der Waals surface area contributed by atoms with Gasteiger partial charge in [0.05, 0.1) is 15.1 Å². The van der Waals surface area contributed by atoms with Crippen LogP contribution in [0.5, 0.6) is 11.5 Å². The van der Waals surface area contributed by atoms with Crippen molar-refractivity contribution in [1.29, 1.82) is 0 Å². The summed E-state index contributed by atoms with van der Waals surface area (Å²) in [5.41, 5.74) is 0.923. The maximum Gasteiger partial charge on any atom is 0.324 e. The number of thioether (sulfide) groups is 1. The molecular formula is C17H15N3O5S3. The zero-order valence-corrected chi connectivity index (χ0v) is 17.2. The van der Waals surface area contributed by atoms with E-state index in [1.165, 1.54) is 23.5 Å². The highest BCUT2D eigenvalue weighted by atomic mass is 32.2. The van der Waals surface area contributed by atoms with E-state index < -0.39 is 10.8 Å². The molecule has 146 valence electrons. The van der Waals surface area contributed by atoms with Crippen molar-refractivity contribution in [2.75, 3.05) is 25.2 Å². The Labute approximate surface area is 171 Å². The number of thiazole rings is 1. The number of aromatic nitrogens is 1. The summed E-state index contributed by atoms with van der Waals surface area (Å²) in [5.74, 6) is 1.73. The van der Waals surface area contributed by atoms with Crippen LogP contribution in [0.4, 0.5) is 5.00 Å². The molecule has 0 spiro atoms. The molecule has 0 saturated heterocycles. The molecule has 3 heterocycles. The second-order valence-electron chi connectivity index (χ2n) is 5.80. The first-order valence-electron chi connectivity index (χ1n) is 8.32. The summed E-state index contributed by atoms with van der Waals surface area (Å²) in [6, 6.07) is 6.58. The third-order valence-electron chi connectivity index (χ3n) is 4.05. The van der Waals surface area contributed by atoms with E-state index in [9.17, 15) is 14.9 Å². The summed E-state index contributed by atoms with van der Waals surface area (Å²) in [5, 5.41) is 10.8. The van der Waals surface area contributed by atoms with Crippen LogP contribution < -0.4 is 14.3 Å². The lowest BCUT2D eigenvalue weighted by Crippen LogP contribution is -2.18. The number of thiophene rings is 1. The van der Waals surface area contributed by atoms with Gasteiger partial charge in [0.1, 0.15) is 18.1 Å². The number of hydrogen-bond donors (Lipinski definition) is 0. The van der Waals surface area contributed by atoms with Gasteiger partial charge in [-0.3, -0.25) is 14.9 Å². The number of fused-ring (bicyclic) bond motifs is 2. The van der Waals surface area contributed by atoms with Crippen LogP contribution >= 0.6 is 34.4 Å². The van der Waals surface area contributed by atoms with Gasteiger partial charge in [-0.25, -0.2) is 0 Å². The standard InChI is InChI=1S/C17H15N3O5S3/c1-26-7-4-19-10-8-11-12(25-6-5-24-11)9-14(10)28-17(19)18-16(21)13-2-3-15(27-13)20(22)23/h2-3,8-9H,4-7H2,1H3. The van der Waals surface area contributed by atoms with E-state index in [1.54, 1.807) is 11.8 Å². The highest BCUT2D eigenvalue weighted by Crippen LogP contribution is 2.35. The number of hydrogen-bond acceptors (Lipinski definition) is 8. The van der Waals surface area contributed by atoms with E-state index >= 15 is 0 Å². The molecule has 28 heavy (non-hydrogen) atoms. The van der Waals surface area contributed by atoms with Gasteiger partial charge in [-0.05, 0) is 12.3 Å². The molecule has 0 fully saturated rings. The highest BCUT2D eigenvalue weighted by molar-refractivity contribution is 7.98. The Morgan fingerprint density at radius 3 is 2.71 bits per heavy atom. The van der Waals surface area contributed by atoms with Crippen molar-refractivity contribution >= 4 is 55.6 Å². The van der Waals surface area contributed by atoms with Gasteiger partial charge in [0, 0.05) is 30.5 Å². The molecule has 1 amide bonds. The summed E-state index contributed by atoms with van der Waals surface area (Å²) in [6.07, 6.45) is 2.01. The Hall–Kier alpha value is -2.37. The monoisotopic (exact) mass is 437 g/mol. The largest absolute Gasteiger partial charge is 0.486 e. The molecule has 11 heteroatoms. The maximum absolute atomic E-state index is 12.6. The lowest BCUT2D eigenvalue weighted by molar-refractivity contribution is -0.380. The van der Waals surface area contributed by atoms with Gasteiger partial charge in [-0.1, -0.05) is 22.7 Å². The van der Waals surface area contributed by atoms with Gasteiger partial charge in [-0.15, -0.1) is 0 Å². The fourth-order valence-electron chi connectivity index (χ4n) is 2.77. The minimum absolute atomic E-state index is 0.0767. The van der Waals surface area contributed by atoms with Gasteiger partial charge in [-0.2, -0.15) is 16.8 Å². The average Bonchev–Trinajstić information content (AvgIpc) is 3.30. The van der Waals surface area contributed by atoms with Crippen LogP contribution in [0.25, 0.3) is 10.2 Å². The summed E-state index contributed by atoms with van der Waals surface area (Å²) in [6.45, 7) is 1.68. The second-order valence-corrected chi connectivity index (χ2v) is 8.86. The van der Waals surface area contributed by atoms with Crippen molar-refractivity contribution in [3.05, 3.63) is 44.1 Å². The molecule has 2 aromatic heterocycles. The van der Waals surface area contributed by atoms with Crippen LogP contribution in [0, 0.1) is 10.1 Å². The predicted octanol–water partition coefficient (Wildman–Crippen LogP) is 3.55. The van der Waals surface area contributed by atoms with Crippen LogP contribution in [0.15, 0.2) is 29.3 Å². The van der Waals surface area contributed by atoms with Crippen molar-refractivity contribution in [3.63, 3.8) is 0 Å².